The summed E-state index contributed by atoms with van der Waals surface area (Å²) in [5.74, 6) is 0.212. The molecule has 0 bridgehead atoms. The van der Waals surface area contributed by atoms with Crippen LogP contribution in [0.2, 0.25) is 0 Å². The minimum Gasteiger partial charge on any atom is -0.459 e. The van der Waals surface area contributed by atoms with E-state index in [1.165, 1.54) is 0 Å². The Morgan fingerprint density at radius 1 is 1.27 bits per heavy atom. The van der Waals surface area contributed by atoms with Crippen molar-refractivity contribution in [2.75, 3.05) is 13.1 Å². The molecule has 7 heteroatoms. The van der Waals surface area contributed by atoms with Crippen molar-refractivity contribution in [3.05, 3.63) is 52.7 Å². The molecule has 1 atom stereocenters. The topological polar surface area (TPSA) is 88.4 Å². The summed E-state index contributed by atoms with van der Waals surface area (Å²) in [6.07, 6.45) is 1.58. The van der Waals surface area contributed by atoms with Crippen molar-refractivity contribution in [1.82, 2.24) is 14.9 Å². The number of carbonyl (C=O) groups is 2. The van der Waals surface area contributed by atoms with Gasteiger partial charge in [0.05, 0.1) is 17.6 Å². The summed E-state index contributed by atoms with van der Waals surface area (Å²) >= 11 is 0. The predicted octanol–water partition coefficient (Wildman–Crippen LogP) is 4.36. The number of aromatic amines is 1. The molecule has 0 saturated carbocycles. The summed E-state index contributed by atoms with van der Waals surface area (Å²) in [6.45, 7) is 8.39. The summed E-state index contributed by atoms with van der Waals surface area (Å²) in [4.78, 5) is 35.3. The highest BCUT2D eigenvalue weighted by Crippen LogP contribution is 2.30. The van der Waals surface area contributed by atoms with E-state index in [2.05, 4.69) is 9.97 Å². The molecule has 1 aromatic carbocycles. The van der Waals surface area contributed by atoms with E-state index < -0.39 is 5.97 Å². The van der Waals surface area contributed by atoms with Crippen molar-refractivity contribution < 1.29 is 18.7 Å². The largest absolute Gasteiger partial charge is 0.459 e. The Kier molecular flexibility index (Phi) is 5.37. The Labute approximate surface area is 175 Å². The van der Waals surface area contributed by atoms with Crippen LogP contribution in [0.5, 0.6) is 0 Å². The van der Waals surface area contributed by atoms with Crippen LogP contribution in [0, 0.1) is 13.8 Å². The molecule has 4 rings (SSSR count). The van der Waals surface area contributed by atoms with Gasteiger partial charge in [-0.15, -0.1) is 0 Å². The van der Waals surface area contributed by atoms with Gasteiger partial charge in [-0.05, 0) is 58.2 Å². The average Bonchev–Trinajstić information content (AvgIpc) is 3.27. The standard InChI is InChI=1S/C23H27N3O4/c1-13(2)29-23(28)19-14(3)20(24-15(19)4)22(27)26-11-7-8-16(12-26)21-25-17-9-5-6-10-18(17)30-21/h5-6,9-10,13,16,24H,7-8,11-12H2,1-4H3/t16-/m1/s1. The van der Waals surface area contributed by atoms with Gasteiger partial charge in [0, 0.05) is 18.8 Å². The first-order chi connectivity index (χ1) is 14.3. The van der Waals surface area contributed by atoms with E-state index in [-0.39, 0.29) is 17.9 Å². The summed E-state index contributed by atoms with van der Waals surface area (Å²) < 4.78 is 11.3. The Morgan fingerprint density at radius 2 is 2.03 bits per heavy atom. The first-order valence-corrected chi connectivity index (χ1v) is 10.4. The fraction of sp³-hybridized carbons (Fsp3) is 0.435. The molecule has 0 unspecified atom stereocenters. The summed E-state index contributed by atoms with van der Waals surface area (Å²) in [5.41, 5.74) is 3.77. The van der Waals surface area contributed by atoms with Crippen molar-refractivity contribution >= 4 is 23.0 Å². The molecule has 0 spiro atoms. The van der Waals surface area contributed by atoms with Crippen LogP contribution in [0.4, 0.5) is 0 Å². The molecule has 1 fully saturated rings. The number of para-hydroxylation sites is 2. The van der Waals surface area contributed by atoms with Crippen LogP contribution in [0.1, 0.15) is 70.6 Å². The maximum atomic E-state index is 13.3. The molecule has 1 aliphatic rings. The summed E-state index contributed by atoms with van der Waals surface area (Å²) in [5, 5.41) is 0. The number of esters is 1. The Balaban J connectivity index is 1.55. The second kappa shape index (κ2) is 7.97. The van der Waals surface area contributed by atoms with E-state index >= 15 is 0 Å². The molecule has 3 heterocycles. The van der Waals surface area contributed by atoms with E-state index in [1.54, 1.807) is 27.7 Å². The minimum absolute atomic E-state index is 0.0526. The highest BCUT2D eigenvalue weighted by Gasteiger charge is 2.31. The number of likely N-dealkylation sites (tertiary alicyclic amines) is 1. The zero-order valence-electron chi connectivity index (χ0n) is 17.8. The van der Waals surface area contributed by atoms with Crippen molar-refractivity contribution in [1.29, 1.82) is 0 Å². The average molecular weight is 409 g/mol. The number of oxazole rings is 1. The van der Waals surface area contributed by atoms with E-state index in [0.717, 1.165) is 23.9 Å². The van der Waals surface area contributed by atoms with E-state index in [0.29, 0.717) is 41.5 Å². The molecular formula is C23H27N3O4. The number of carbonyl (C=O) groups excluding carboxylic acids is 2. The number of piperidine rings is 1. The number of nitrogens with zero attached hydrogens (tertiary/aromatic N) is 2. The number of H-pyrrole nitrogens is 1. The number of hydrogen-bond acceptors (Lipinski definition) is 5. The quantitative estimate of drug-likeness (QED) is 0.647. The minimum atomic E-state index is -0.404. The van der Waals surface area contributed by atoms with Crippen LogP contribution in [-0.4, -0.2) is 45.9 Å². The number of ether oxygens (including phenoxy) is 1. The molecule has 1 amide bonds. The molecule has 158 valence electrons. The third-order valence-electron chi connectivity index (χ3n) is 5.57. The van der Waals surface area contributed by atoms with Crippen molar-refractivity contribution in [2.24, 2.45) is 0 Å². The Hall–Kier alpha value is -3.09. The van der Waals surface area contributed by atoms with Gasteiger partial charge in [0.25, 0.3) is 5.91 Å². The SMILES string of the molecule is Cc1[nH]c(C(=O)N2CCC[C@@H](c3nc4ccccc4o3)C2)c(C)c1C(=O)OC(C)C. The number of fused-ring (bicyclic) bond motifs is 1. The highest BCUT2D eigenvalue weighted by molar-refractivity contribution is 6.00. The van der Waals surface area contributed by atoms with Crippen LogP contribution in [0.15, 0.2) is 28.7 Å². The zero-order valence-corrected chi connectivity index (χ0v) is 17.8. The lowest BCUT2D eigenvalue weighted by molar-refractivity contribution is 0.0376. The van der Waals surface area contributed by atoms with E-state index in [9.17, 15) is 9.59 Å². The van der Waals surface area contributed by atoms with E-state index in [4.69, 9.17) is 9.15 Å². The van der Waals surface area contributed by atoms with Crippen LogP contribution in [-0.2, 0) is 4.74 Å². The molecular weight excluding hydrogens is 382 g/mol. The molecule has 1 N–H and O–H groups in total. The fourth-order valence-corrected chi connectivity index (χ4v) is 4.13. The van der Waals surface area contributed by atoms with Gasteiger partial charge < -0.3 is 19.0 Å². The number of amides is 1. The number of nitrogens with one attached hydrogen (secondary N) is 1. The van der Waals surface area contributed by atoms with Crippen LogP contribution >= 0.6 is 0 Å². The van der Waals surface area contributed by atoms with Gasteiger partial charge in [-0.25, -0.2) is 9.78 Å². The van der Waals surface area contributed by atoms with Gasteiger partial charge in [-0.3, -0.25) is 4.79 Å². The monoisotopic (exact) mass is 409 g/mol. The zero-order chi connectivity index (χ0) is 21.4. The number of aryl methyl sites for hydroxylation is 1. The lowest BCUT2D eigenvalue weighted by Crippen LogP contribution is -2.39. The van der Waals surface area contributed by atoms with E-state index in [1.807, 2.05) is 29.2 Å². The van der Waals surface area contributed by atoms with Crippen molar-refractivity contribution in [2.45, 2.75) is 52.6 Å². The predicted molar refractivity (Wildman–Crippen MR) is 113 cm³/mol. The first kappa shape index (κ1) is 20.2. The molecule has 1 aliphatic heterocycles. The lowest BCUT2D eigenvalue weighted by atomic mass is 9.97. The molecule has 1 saturated heterocycles. The number of benzene rings is 1. The molecule has 3 aromatic rings. The van der Waals surface area contributed by atoms with Gasteiger partial charge in [0.1, 0.15) is 11.2 Å². The fourth-order valence-electron chi connectivity index (χ4n) is 4.13. The van der Waals surface area contributed by atoms with Crippen LogP contribution < -0.4 is 0 Å². The van der Waals surface area contributed by atoms with Gasteiger partial charge in [0.15, 0.2) is 11.5 Å². The van der Waals surface area contributed by atoms with Crippen molar-refractivity contribution in [3.63, 3.8) is 0 Å². The number of aromatic nitrogens is 2. The van der Waals surface area contributed by atoms with Crippen molar-refractivity contribution in [3.8, 4) is 0 Å². The molecule has 2 aromatic heterocycles. The maximum Gasteiger partial charge on any atom is 0.340 e. The summed E-state index contributed by atoms with van der Waals surface area (Å²) in [7, 11) is 0. The second-order valence-electron chi connectivity index (χ2n) is 8.19. The third-order valence-corrected chi connectivity index (χ3v) is 5.57. The second-order valence-corrected chi connectivity index (χ2v) is 8.19. The number of rotatable bonds is 4. The Bertz CT molecular complexity index is 1060. The Morgan fingerprint density at radius 3 is 2.77 bits per heavy atom. The smallest absolute Gasteiger partial charge is 0.340 e. The molecule has 0 radical (unpaired) electrons. The van der Waals surface area contributed by atoms with Crippen LogP contribution in [0.3, 0.4) is 0 Å². The van der Waals surface area contributed by atoms with Gasteiger partial charge in [0.2, 0.25) is 0 Å². The molecule has 30 heavy (non-hydrogen) atoms. The third kappa shape index (κ3) is 3.72. The normalized spacial score (nSPS) is 17.0. The van der Waals surface area contributed by atoms with Gasteiger partial charge in [-0.2, -0.15) is 0 Å². The lowest BCUT2D eigenvalue weighted by Gasteiger charge is -2.31. The summed E-state index contributed by atoms with van der Waals surface area (Å²) in [6, 6.07) is 7.69. The molecule has 7 nitrogen and oxygen atoms in total. The van der Waals surface area contributed by atoms with Gasteiger partial charge >= 0.3 is 5.97 Å². The number of hydrogen-bond donors (Lipinski definition) is 1. The first-order valence-electron chi connectivity index (χ1n) is 10.4. The van der Waals surface area contributed by atoms with Crippen LogP contribution in [0.25, 0.3) is 11.1 Å². The molecule has 0 aliphatic carbocycles. The maximum absolute atomic E-state index is 13.3. The highest BCUT2D eigenvalue weighted by atomic mass is 16.5. The van der Waals surface area contributed by atoms with Gasteiger partial charge in [-0.1, -0.05) is 12.1 Å².